The molecule has 2 rings (SSSR count). The van der Waals surface area contributed by atoms with Crippen molar-refractivity contribution in [2.24, 2.45) is 0 Å². The second-order valence-corrected chi connectivity index (χ2v) is 6.44. The maximum absolute atomic E-state index is 11.3. The SMILES string of the molecule is CCN(C)c1ccc(NC(C)=O)cc1OCCOc1ccccc1N(C)C. The Labute approximate surface area is 161 Å². The standard InChI is InChI=1S/C21H29N3O3/c1-6-24(5)19-12-11-17(22-16(2)25)15-21(19)27-14-13-26-20-10-8-7-9-18(20)23(3)4/h7-12,15H,6,13-14H2,1-5H3,(H,22,25). The van der Waals surface area contributed by atoms with Crippen LogP contribution in [0.3, 0.4) is 0 Å². The molecule has 2 aromatic carbocycles. The minimum atomic E-state index is -0.110. The number of carbonyl (C=O) groups is 1. The first-order valence-electron chi connectivity index (χ1n) is 9.07. The third-order valence-electron chi connectivity index (χ3n) is 4.11. The van der Waals surface area contributed by atoms with Crippen LogP contribution in [0.25, 0.3) is 0 Å². The fraction of sp³-hybridized carbons (Fsp3) is 0.381. The van der Waals surface area contributed by atoms with Crippen molar-refractivity contribution in [3.8, 4) is 11.5 Å². The lowest BCUT2D eigenvalue weighted by Gasteiger charge is -2.22. The summed E-state index contributed by atoms with van der Waals surface area (Å²) in [5.74, 6) is 1.43. The molecule has 0 radical (unpaired) electrons. The molecule has 0 aliphatic heterocycles. The van der Waals surface area contributed by atoms with Crippen molar-refractivity contribution in [1.29, 1.82) is 0 Å². The van der Waals surface area contributed by atoms with E-state index in [2.05, 4.69) is 17.1 Å². The summed E-state index contributed by atoms with van der Waals surface area (Å²) in [7, 11) is 5.97. The second-order valence-electron chi connectivity index (χ2n) is 6.44. The first kappa shape index (κ1) is 20.4. The number of amides is 1. The third-order valence-corrected chi connectivity index (χ3v) is 4.11. The summed E-state index contributed by atoms with van der Waals surface area (Å²) >= 11 is 0. The van der Waals surface area contributed by atoms with Crippen LogP contribution in [-0.4, -0.2) is 46.8 Å². The van der Waals surface area contributed by atoms with E-state index in [0.717, 1.165) is 29.4 Å². The summed E-state index contributed by atoms with van der Waals surface area (Å²) < 4.78 is 11.9. The summed E-state index contributed by atoms with van der Waals surface area (Å²) in [5, 5.41) is 2.79. The predicted molar refractivity (Wildman–Crippen MR) is 111 cm³/mol. The van der Waals surface area contributed by atoms with E-state index in [9.17, 15) is 4.79 Å². The first-order valence-corrected chi connectivity index (χ1v) is 9.07. The number of hydrogen-bond donors (Lipinski definition) is 1. The van der Waals surface area contributed by atoms with Gasteiger partial charge >= 0.3 is 0 Å². The van der Waals surface area contributed by atoms with Crippen LogP contribution >= 0.6 is 0 Å². The van der Waals surface area contributed by atoms with Gasteiger partial charge in [0, 0.05) is 46.4 Å². The largest absolute Gasteiger partial charge is 0.488 e. The van der Waals surface area contributed by atoms with Gasteiger partial charge in [-0.1, -0.05) is 12.1 Å². The molecule has 0 heterocycles. The summed E-state index contributed by atoms with van der Waals surface area (Å²) in [6, 6.07) is 13.6. The quantitative estimate of drug-likeness (QED) is 0.682. The van der Waals surface area contributed by atoms with Crippen molar-refractivity contribution in [2.75, 3.05) is 56.0 Å². The van der Waals surface area contributed by atoms with Crippen molar-refractivity contribution in [1.82, 2.24) is 0 Å². The van der Waals surface area contributed by atoms with Gasteiger partial charge in [-0.3, -0.25) is 4.79 Å². The highest BCUT2D eigenvalue weighted by atomic mass is 16.5. The first-order chi connectivity index (χ1) is 12.9. The Hall–Kier alpha value is -2.89. The molecule has 0 unspecified atom stereocenters. The van der Waals surface area contributed by atoms with Crippen LogP contribution in [0.1, 0.15) is 13.8 Å². The van der Waals surface area contributed by atoms with Gasteiger partial charge in [-0.15, -0.1) is 0 Å². The van der Waals surface area contributed by atoms with E-state index >= 15 is 0 Å². The lowest BCUT2D eigenvalue weighted by molar-refractivity contribution is -0.114. The number of para-hydroxylation sites is 2. The molecule has 0 saturated heterocycles. The topological polar surface area (TPSA) is 54.0 Å². The maximum Gasteiger partial charge on any atom is 0.221 e. The highest BCUT2D eigenvalue weighted by Gasteiger charge is 2.10. The maximum atomic E-state index is 11.3. The number of hydrogen-bond acceptors (Lipinski definition) is 5. The molecule has 0 fully saturated rings. The van der Waals surface area contributed by atoms with Gasteiger partial charge in [0.25, 0.3) is 0 Å². The van der Waals surface area contributed by atoms with Crippen LogP contribution in [-0.2, 0) is 4.79 Å². The zero-order valence-electron chi connectivity index (χ0n) is 16.8. The van der Waals surface area contributed by atoms with Gasteiger partial charge < -0.3 is 24.6 Å². The molecule has 0 aromatic heterocycles. The summed E-state index contributed by atoms with van der Waals surface area (Å²) in [5.41, 5.74) is 2.71. The lowest BCUT2D eigenvalue weighted by Crippen LogP contribution is -2.18. The smallest absolute Gasteiger partial charge is 0.221 e. The van der Waals surface area contributed by atoms with Crippen molar-refractivity contribution >= 4 is 23.0 Å². The van der Waals surface area contributed by atoms with Crippen molar-refractivity contribution in [3.63, 3.8) is 0 Å². The average molecular weight is 371 g/mol. The van der Waals surface area contributed by atoms with Gasteiger partial charge in [-0.05, 0) is 31.2 Å². The molecule has 6 nitrogen and oxygen atoms in total. The molecule has 2 aromatic rings. The molecule has 0 bridgehead atoms. The van der Waals surface area contributed by atoms with Crippen molar-refractivity contribution in [3.05, 3.63) is 42.5 Å². The Balaban J connectivity index is 2.04. The summed E-state index contributed by atoms with van der Waals surface area (Å²) in [6.07, 6.45) is 0. The Morgan fingerprint density at radius 1 is 0.963 bits per heavy atom. The molecule has 0 spiro atoms. The molecule has 1 amide bonds. The number of nitrogens with zero attached hydrogens (tertiary/aromatic N) is 2. The van der Waals surface area contributed by atoms with Crippen molar-refractivity contribution < 1.29 is 14.3 Å². The molecular formula is C21H29N3O3. The number of carbonyl (C=O) groups excluding carboxylic acids is 1. The highest BCUT2D eigenvalue weighted by Crippen LogP contribution is 2.31. The number of ether oxygens (including phenoxy) is 2. The molecule has 0 aliphatic rings. The van der Waals surface area contributed by atoms with Gasteiger partial charge in [0.15, 0.2) is 0 Å². The minimum absolute atomic E-state index is 0.110. The fourth-order valence-corrected chi connectivity index (χ4v) is 2.65. The number of anilines is 3. The molecule has 0 saturated carbocycles. The molecule has 6 heteroatoms. The van der Waals surface area contributed by atoms with Crippen LogP contribution in [0.2, 0.25) is 0 Å². The van der Waals surface area contributed by atoms with Crippen LogP contribution in [0.5, 0.6) is 11.5 Å². The molecule has 0 atom stereocenters. The predicted octanol–water partition coefficient (Wildman–Crippen LogP) is 3.62. The molecule has 0 aliphatic carbocycles. The van der Waals surface area contributed by atoms with Gasteiger partial charge in [-0.25, -0.2) is 0 Å². The van der Waals surface area contributed by atoms with Crippen LogP contribution < -0.4 is 24.6 Å². The average Bonchev–Trinajstić information content (AvgIpc) is 2.64. The van der Waals surface area contributed by atoms with Crippen LogP contribution in [0, 0.1) is 0 Å². The number of benzene rings is 2. The molecule has 1 N–H and O–H groups in total. The minimum Gasteiger partial charge on any atom is -0.488 e. The number of nitrogens with one attached hydrogen (secondary N) is 1. The van der Waals surface area contributed by atoms with Crippen LogP contribution in [0.15, 0.2) is 42.5 Å². The normalized spacial score (nSPS) is 10.3. The lowest BCUT2D eigenvalue weighted by atomic mass is 10.2. The zero-order chi connectivity index (χ0) is 19.8. The van der Waals surface area contributed by atoms with E-state index < -0.39 is 0 Å². The van der Waals surface area contributed by atoms with E-state index in [1.165, 1.54) is 6.92 Å². The Kier molecular flexibility index (Phi) is 7.34. The van der Waals surface area contributed by atoms with Gasteiger partial charge in [0.05, 0.1) is 11.4 Å². The fourth-order valence-electron chi connectivity index (χ4n) is 2.65. The summed E-state index contributed by atoms with van der Waals surface area (Å²) in [4.78, 5) is 15.4. The van der Waals surface area contributed by atoms with E-state index in [0.29, 0.717) is 18.9 Å². The van der Waals surface area contributed by atoms with Gasteiger partial charge in [0.2, 0.25) is 5.91 Å². The van der Waals surface area contributed by atoms with Crippen LogP contribution in [0.4, 0.5) is 17.1 Å². The van der Waals surface area contributed by atoms with E-state index in [1.54, 1.807) is 0 Å². The Morgan fingerprint density at radius 3 is 2.26 bits per heavy atom. The number of rotatable bonds is 9. The molecular weight excluding hydrogens is 342 g/mol. The highest BCUT2D eigenvalue weighted by molar-refractivity contribution is 5.89. The summed E-state index contributed by atoms with van der Waals surface area (Å²) in [6.45, 7) is 5.23. The van der Waals surface area contributed by atoms with Gasteiger partial charge in [-0.2, -0.15) is 0 Å². The van der Waals surface area contributed by atoms with Gasteiger partial charge in [0.1, 0.15) is 24.7 Å². The third kappa shape index (κ3) is 5.81. The van der Waals surface area contributed by atoms with E-state index in [-0.39, 0.29) is 5.91 Å². The zero-order valence-corrected chi connectivity index (χ0v) is 16.8. The van der Waals surface area contributed by atoms with E-state index in [1.807, 2.05) is 68.5 Å². The molecule has 27 heavy (non-hydrogen) atoms. The molecule has 146 valence electrons. The van der Waals surface area contributed by atoms with Crippen molar-refractivity contribution in [2.45, 2.75) is 13.8 Å². The Morgan fingerprint density at radius 2 is 1.63 bits per heavy atom. The van der Waals surface area contributed by atoms with E-state index in [4.69, 9.17) is 9.47 Å². The second kappa shape index (κ2) is 9.71. The Bertz CT molecular complexity index is 762. The monoisotopic (exact) mass is 371 g/mol.